The second-order valence-corrected chi connectivity index (χ2v) is 15.9. The molecule has 1 saturated carbocycles. The van der Waals surface area contributed by atoms with Crippen LogP contribution in [0.1, 0.15) is 97.6 Å². The zero-order valence-electron chi connectivity index (χ0n) is 31.1. The van der Waals surface area contributed by atoms with E-state index in [0.717, 1.165) is 34.7 Å². The van der Waals surface area contributed by atoms with Crippen molar-refractivity contribution >= 4 is 29.1 Å². The Hall–Kier alpha value is -4.85. The fraction of sp³-hybridized carbons (Fsp3) is 0.525. The highest BCUT2D eigenvalue weighted by Gasteiger charge is 2.57. The molecule has 4 atom stereocenters. The summed E-state index contributed by atoms with van der Waals surface area (Å²) in [6.07, 6.45) is -6.17. The largest absolute Gasteiger partial charge is 0.490 e. The highest BCUT2D eigenvalue weighted by atomic mass is 32.1. The predicted molar refractivity (Wildman–Crippen MR) is 194 cm³/mol. The lowest BCUT2D eigenvalue weighted by atomic mass is 9.72. The molecule has 10 nitrogen and oxygen atoms in total. The van der Waals surface area contributed by atoms with Gasteiger partial charge in [0.15, 0.2) is 0 Å². The Morgan fingerprint density at radius 1 is 1.02 bits per heavy atom. The van der Waals surface area contributed by atoms with Crippen molar-refractivity contribution in [3.05, 3.63) is 75.7 Å². The van der Waals surface area contributed by atoms with Crippen molar-refractivity contribution in [2.24, 2.45) is 5.92 Å². The van der Waals surface area contributed by atoms with Crippen molar-refractivity contribution in [1.82, 2.24) is 14.8 Å². The first kappa shape index (κ1) is 41.8. The van der Waals surface area contributed by atoms with E-state index in [4.69, 9.17) is 9.47 Å². The average Bonchev–Trinajstić information content (AvgIpc) is 3.84. The molecule has 4 heterocycles. The SMILES string of the molecule is CCC[C@H]1N(C(=O)c2ncccc2C(F)(F)F)CCC[C@@]1(Oc1csc(C(F)(F)F)c1)C(=O)N1CCC(C#N)(c2ccccc2O[C@@H]2CC[C@@H](CC(=O)O)C2)CC1. The summed E-state index contributed by atoms with van der Waals surface area (Å²) in [4.78, 5) is 45.8. The van der Waals surface area contributed by atoms with Gasteiger partial charge in [0.05, 0.1) is 29.2 Å². The summed E-state index contributed by atoms with van der Waals surface area (Å²) in [5.74, 6) is -2.43. The Bertz CT molecular complexity index is 1990. The molecule has 1 aliphatic carbocycles. The number of carbonyl (C=O) groups is 3. The number of piperidine rings is 2. The molecule has 3 fully saturated rings. The molecule has 2 amide bonds. The van der Waals surface area contributed by atoms with Gasteiger partial charge in [-0.2, -0.15) is 31.6 Å². The lowest BCUT2D eigenvalue weighted by Gasteiger charge is -2.51. The van der Waals surface area contributed by atoms with Crippen molar-refractivity contribution in [1.29, 1.82) is 5.26 Å². The molecular weight excluding hydrogens is 779 g/mol. The number of carboxylic acids is 1. The smallest absolute Gasteiger partial charge is 0.425 e. The van der Waals surface area contributed by atoms with E-state index in [-0.39, 0.29) is 75.9 Å². The molecule has 0 radical (unpaired) electrons. The summed E-state index contributed by atoms with van der Waals surface area (Å²) in [5, 5.41) is 21.0. The van der Waals surface area contributed by atoms with Gasteiger partial charge in [0, 0.05) is 55.7 Å². The number of benzene rings is 1. The summed E-state index contributed by atoms with van der Waals surface area (Å²) in [5.41, 5.74) is -4.62. The number of hydrogen-bond donors (Lipinski definition) is 1. The van der Waals surface area contributed by atoms with Crippen LogP contribution in [-0.2, 0) is 27.4 Å². The first-order valence-corrected chi connectivity index (χ1v) is 19.8. The molecule has 57 heavy (non-hydrogen) atoms. The van der Waals surface area contributed by atoms with Crippen LogP contribution in [0, 0.1) is 17.2 Å². The van der Waals surface area contributed by atoms with E-state index < -0.39 is 63.3 Å². The Kier molecular flexibility index (Phi) is 12.1. The van der Waals surface area contributed by atoms with Gasteiger partial charge in [-0.1, -0.05) is 31.5 Å². The van der Waals surface area contributed by atoms with Gasteiger partial charge in [-0.25, -0.2) is 0 Å². The molecule has 0 bridgehead atoms. The quantitative estimate of drug-likeness (QED) is 0.191. The monoisotopic (exact) mass is 820 g/mol. The number of nitriles is 1. The van der Waals surface area contributed by atoms with Gasteiger partial charge >= 0.3 is 18.3 Å². The Morgan fingerprint density at radius 3 is 2.40 bits per heavy atom. The van der Waals surface area contributed by atoms with E-state index in [1.54, 1.807) is 31.2 Å². The molecule has 1 aromatic carbocycles. The van der Waals surface area contributed by atoms with Crippen LogP contribution in [0.15, 0.2) is 54.0 Å². The summed E-state index contributed by atoms with van der Waals surface area (Å²) in [7, 11) is 0. The maximum Gasteiger partial charge on any atom is 0.425 e. The second kappa shape index (κ2) is 16.6. The second-order valence-electron chi connectivity index (χ2n) is 14.9. The van der Waals surface area contributed by atoms with Crippen molar-refractivity contribution in [3.8, 4) is 17.6 Å². The number of hydrogen-bond acceptors (Lipinski definition) is 8. The minimum Gasteiger partial charge on any atom is -0.490 e. The van der Waals surface area contributed by atoms with Crippen molar-refractivity contribution < 1.29 is 55.3 Å². The maximum atomic E-state index is 15.0. The van der Waals surface area contributed by atoms with Gasteiger partial charge in [0.25, 0.3) is 11.8 Å². The van der Waals surface area contributed by atoms with E-state index in [9.17, 15) is 46.3 Å². The van der Waals surface area contributed by atoms with Crippen LogP contribution in [0.3, 0.4) is 0 Å². The number of likely N-dealkylation sites (tertiary alicyclic amines) is 2. The molecule has 2 saturated heterocycles. The van der Waals surface area contributed by atoms with Crippen LogP contribution in [-0.4, -0.2) is 75.1 Å². The molecular formula is C40H42F6N4O6S. The molecule has 306 valence electrons. The van der Waals surface area contributed by atoms with Crippen molar-refractivity contribution in [3.63, 3.8) is 0 Å². The number of pyridine rings is 1. The van der Waals surface area contributed by atoms with Crippen LogP contribution in [0.5, 0.6) is 11.5 Å². The summed E-state index contributed by atoms with van der Waals surface area (Å²) >= 11 is 0.365. The normalized spacial score (nSPS) is 23.8. The first-order chi connectivity index (χ1) is 27.0. The van der Waals surface area contributed by atoms with E-state index in [2.05, 4.69) is 11.1 Å². The van der Waals surface area contributed by atoms with Gasteiger partial charge in [-0.05, 0) is 69.1 Å². The number of carbonyl (C=O) groups excluding carboxylic acids is 2. The minimum absolute atomic E-state index is 0.0125. The van der Waals surface area contributed by atoms with Crippen LogP contribution in [0.4, 0.5) is 26.3 Å². The molecule has 3 aliphatic rings. The van der Waals surface area contributed by atoms with Crippen LogP contribution in [0.2, 0.25) is 0 Å². The van der Waals surface area contributed by atoms with Gasteiger partial charge in [-0.15, -0.1) is 11.3 Å². The number of carboxylic acid groups (broad SMARTS) is 1. The van der Waals surface area contributed by atoms with Gasteiger partial charge in [0.1, 0.15) is 22.1 Å². The number of nitrogens with zero attached hydrogens (tertiary/aromatic N) is 4. The van der Waals surface area contributed by atoms with E-state index in [0.29, 0.717) is 48.3 Å². The molecule has 0 unspecified atom stereocenters. The zero-order valence-corrected chi connectivity index (χ0v) is 31.9. The number of aliphatic carboxylic acids is 1. The van der Waals surface area contributed by atoms with Crippen LogP contribution < -0.4 is 9.47 Å². The Labute approximate surface area is 329 Å². The van der Waals surface area contributed by atoms with E-state index in [1.807, 2.05) is 0 Å². The van der Waals surface area contributed by atoms with Gasteiger partial charge in [-0.3, -0.25) is 19.4 Å². The summed E-state index contributed by atoms with van der Waals surface area (Å²) in [6, 6.07) is 10.9. The van der Waals surface area contributed by atoms with E-state index >= 15 is 4.79 Å². The topological polar surface area (TPSA) is 133 Å². The van der Waals surface area contributed by atoms with Gasteiger partial charge < -0.3 is 24.4 Å². The summed E-state index contributed by atoms with van der Waals surface area (Å²) in [6.45, 7) is 1.72. The molecule has 2 aliphatic heterocycles. The third kappa shape index (κ3) is 8.70. The molecule has 17 heteroatoms. The average molecular weight is 821 g/mol. The molecule has 6 rings (SSSR count). The molecule has 0 spiro atoms. The number of alkyl halides is 6. The third-order valence-electron chi connectivity index (χ3n) is 11.3. The predicted octanol–water partition coefficient (Wildman–Crippen LogP) is 8.51. The first-order valence-electron chi connectivity index (χ1n) is 18.9. The number of halogens is 6. The molecule has 3 aromatic rings. The minimum atomic E-state index is -4.92. The zero-order chi connectivity index (χ0) is 41.2. The number of rotatable bonds is 11. The Morgan fingerprint density at radius 2 is 1.75 bits per heavy atom. The highest BCUT2D eigenvalue weighted by Crippen LogP contribution is 2.46. The third-order valence-corrected chi connectivity index (χ3v) is 12.2. The van der Waals surface area contributed by atoms with Crippen molar-refractivity contribution in [2.45, 2.75) is 107 Å². The fourth-order valence-corrected chi connectivity index (χ4v) is 9.27. The molecule has 1 N–H and O–H groups in total. The summed E-state index contributed by atoms with van der Waals surface area (Å²) < 4.78 is 96.2. The number of ether oxygens (including phenoxy) is 2. The fourth-order valence-electron chi connectivity index (χ4n) is 8.59. The number of para-hydroxylation sites is 1. The van der Waals surface area contributed by atoms with Crippen molar-refractivity contribution in [2.75, 3.05) is 19.6 Å². The maximum absolute atomic E-state index is 15.0. The van der Waals surface area contributed by atoms with E-state index in [1.165, 1.54) is 4.90 Å². The Balaban J connectivity index is 1.31. The standard InChI is InChI=1S/C40H42F6N4O6S/c1-2-7-31-38(56-27-22-32(57-23-27)40(44,45)46,13-6-17-50(31)35(53)34-29(39(41,42)43)9-5-16-48-34)36(54)49-18-14-37(24-47,15-19-49)28-8-3-4-10-30(28)55-26-12-11-25(20-26)21-33(51)52/h3-5,8-10,16,22-23,25-26,31H,2,6-7,11-15,17-21H2,1H3,(H,51,52)/t25-,26-,31-,38+/m1/s1. The molecule has 2 aromatic heterocycles. The number of thiophene rings is 1. The van der Waals surface area contributed by atoms with Gasteiger partial charge in [0.2, 0.25) is 5.60 Å². The van der Waals surface area contributed by atoms with Crippen LogP contribution in [0.25, 0.3) is 0 Å². The number of aromatic nitrogens is 1. The lowest BCUT2D eigenvalue weighted by molar-refractivity contribution is -0.160. The van der Waals surface area contributed by atoms with Crippen LogP contribution >= 0.6 is 11.3 Å². The number of amides is 2. The highest BCUT2D eigenvalue weighted by molar-refractivity contribution is 7.10. The lowest BCUT2D eigenvalue weighted by Crippen LogP contribution is -2.68.